The molecule has 1 aromatic carbocycles. The number of fused-ring (bicyclic) bond motifs is 1. The van der Waals surface area contributed by atoms with E-state index in [1.54, 1.807) is 17.0 Å². The molecule has 6 heteroatoms. The zero-order valence-electron chi connectivity index (χ0n) is 15.0. The van der Waals surface area contributed by atoms with E-state index in [0.29, 0.717) is 19.7 Å². The lowest BCUT2D eigenvalue weighted by Gasteiger charge is -2.26. The fourth-order valence-electron chi connectivity index (χ4n) is 2.62. The normalized spacial score (nSPS) is 16.4. The predicted molar refractivity (Wildman–Crippen MR) is 92.4 cm³/mol. The van der Waals surface area contributed by atoms with Crippen LogP contribution in [0.2, 0.25) is 0 Å². The molecule has 1 amide bonds. The highest BCUT2D eigenvalue weighted by molar-refractivity contribution is 5.68. The van der Waals surface area contributed by atoms with Gasteiger partial charge in [-0.3, -0.25) is 0 Å². The van der Waals surface area contributed by atoms with Crippen LogP contribution in [-0.2, 0) is 4.74 Å². The van der Waals surface area contributed by atoms with Gasteiger partial charge in [-0.1, -0.05) is 0 Å². The molecule has 0 spiro atoms. The number of hydrogen-bond donors (Lipinski definition) is 2. The number of carbonyl (C=O) groups excluding carboxylic acids is 1. The molecule has 1 heterocycles. The third-order valence-electron chi connectivity index (χ3n) is 3.81. The second kappa shape index (κ2) is 7.75. The summed E-state index contributed by atoms with van der Waals surface area (Å²) in [6, 6.07) is 5.31. The summed E-state index contributed by atoms with van der Waals surface area (Å²) in [5.74, 6) is 0.946. The third-order valence-corrected chi connectivity index (χ3v) is 3.81. The first-order valence-electron chi connectivity index (χ1n) is 8.47. The molecule has 0 aromatic heterocycles. The van der Waals surface area contributed by atoms with Gasteiger partial charge < -0.3 is 24.8 Å². The maximum absolute atomic E-state index is 12.1. The molecule has 134 valence electrons. The van der Waals surface area contributed by atoms with Gasteiger partial charge in [0, 0.05) is 24.7 Å². The van der Waals surface area contributed by atoms with Gasteiger partial charge in [-0.25, -0.2) is 4.79 Å². The van der Waals surface area contributed by atoms with Crippen molar-refractivity contribution in [3.63, 3.8) is 0 Å². The Balaban J connectivity index is 1.76. The molecule has 1 aliphatic rings. The van der Waals surface area contributed by atoms with Crippen molar-refractivity contribution < 1.29 is 19.4 Å². The fourth-order valence-corrected chi connectivity index (χ4v) is 2.62. The standard InChI is InChI=1S/C18H28N2O4/c1-5-20(17(22)24-18(2,3)4)10-6-9-19-15-12-23-16-11-13(21)7-8-14(15)16/h7-8,11,15,19,21H,5-6,9-10,12H2,1-4H3. The lowest BCUT2D eigenvalue weighted by atomic mass is 10.1. The highest BCUT2D eigenvalue weighted by Gasteiger charge is 2.24. The SMILES string of the molecule is CCN(CCCNC1COc2cc(O)ccc21)C(=O)OC(C)(C)C. The topological polar surface area (TPSA) is 71.0 Å². The first-order valence-corrected chi connectivity index (χ1v) is 8.47. The number of rotatable bonds is 6. The second-order valence-electron chi connectivity index (χ2n) is 6.95. The first-order chi connectivity index (χ1) is 11.3. The van der Waals surface area contributed by atoms with E-state index in [4.69, 9.17) is 9.47 Å². The van der Waals surface area contributed by atoms with E-state index in [0.717, 1.165) is 24.3 Å². The van der Waals surface area contributed by atoms with Crippen molar-refractivity contribution in [2.24, 2.45) is 0 Å². The molecule has 6 nitrogen and oxygen atoms in total. The summed E-state index contributed by atoms with van der Waals surface area (Å²) in [7, 11) is 0. The maximum Gasteiger partial charge on any atom is 0.410 e. The number of nitrogens with one attached hydrogen (secondary N) is 1. The Hall–Kier alpha value is -1.95. The fraction of sp³-hybridized carbons (Fsp3) is 0.611. The van der Waals surface area contributed by atoms with Crippen molar-refractivity contribution in [1.29, 1.82) is 0 Å². The number of phenols is 1. The van der Waals surface area contributed by atoms with Crippen LogP contribution < -0.4 is 10.1 Å². The van der Waals surface area contributed by atoms with Crippen LogP contribution in [0.5, 0.6) is 11.5 Å². The largest absolute Gasteiger partial charge is 0.508 e. The molecule has 0 saturated carbocycles. The Morgan fingerprint density at radius 2 is 2.21 bits per heavy atom. The Labute approximate surface area is 143 Å². The van der Waals surface area contributed by atoms with Gasteiger partial charge >= 0.3 is 6.09 Å². The van der Waals surface area contributed by atoms with Gasteiger partial charge in [-0.05, 0) is 52.8 Å². The molecule has 0 bridgehead atoms. The zero-order valence-corrected chi connectivity index (χ0v) is 15.0. The van der Waals surface area contributed by atoms with Crippen LogP contribution in [0.25, 0.3) is 0 Å². The molecule has 1 unspecified atom stereocenters. The van der Waals surface area contributed by atoms with Gasteiger partial charge in [0.2, 0.25) is 0 Å². The quantitative estimate of drug-likeness (QED) is 0.781. The number of nitrogens with zero attached hydrogens (tertiary/aromatic N) is 1. The van der Waals surface area contributed by atoms with Crippen molar-refractivity contribution in [3.05, 3.63) is 23.8 Å². The van der Waals surface area contributed by atoms with Gasteiger partial charge in [-0.15, -0.1) is 0 Å². The first kappa shape index (κ1) is 18.4. The number of hydrogen-bond acceptors (Lipinski definition) is 5. The van der Waals surface area contributed by atoms with Crippen molar-refractivity contribution >= 4 is 6.09 Å². The van der Waals surface area contributed by atoms with E-state index >= 15 is 0 Å². The Bertz CT molecular complexity index is 569. The monoisotopic (exact) mass is 336 g/mol. The van der Waals surface area contributed by atoms with Gasteiger partial charge in [0.05, 0.1) is 6.04 Å². The van der Waals surface area contributed by atoms with Crippen LogP contribution in [-0.4, -0.2) is 47.9 Å². The number of aromatic hydroxyl groups is 1. The summed E-state index contributed by atoms with van der Waals surface area (Å²) in [5.41, 5.74) is 0.589. The van der Waals surface area contributed by atoms with Gasteiger partial charge in [-0.2, -0.15) is 0 Å². The van der Waals surface area contributed by atoms with Crippen molar-refractivity contribution in [2.45, 2.75) is 45.8 Å². The Morgan fingerprint density at radius 1 is 1.46 bits per heavy atom. The molecule has 0 fully saturated rings. The minimum atomic E-state index is -0.473. The van der Waals surface area contributed by atoms with Gasteiger partial charge in [0.15, 0.2) is 0 Å². The average molecular weight is 336 g/mol. The molecule has 0 radical (unpaired) electrons. The number of phenolic OH excluding ortho intramolecular Hbond substituents is 1. The predicted octanol–water partition coefficient (Wildman–Crippen LogP) is 3.06. The van der Waals surface area contributed by atoms with E-state index in [1.165, 1.54) is 0 Å². The maximum atomic E-state index is 12.1. The summed E-state index contributed by atoms with van der Waals surface area (Å²) < 4.78 is 11.0. The number of amides is 1. The molecular formula is C18H28N2O4. The molecule has 2 N–H and O–H groups in total. The zero-order chi connectivity index (χ0) is 17.7. The van der Waals surface area contributed by atoms with Crippen LogP contribution in [0.1, 0.15) is 45.7 Å². The van der Waals surface area contributed by atoms with Crippen molar-refractivity contribution in [2.75, 3.05) is 26.2 Å². The number of carbonyl (C=O) groups is 1. The van der Waals surface area contributed by atoms with E-state index in [1.807, 2.05) is 33.8 Å². The smallest absolute Gasteiger partial charge is 0.410 e. The minimum absolute atomic E-state index is 0.122. The summed E-state index contributed by atoms with van der Waals surface area (Å²) in [4.78, 5) is 13.8. The van der Waals surface area contributed by atoms with E-state index in [-0.39, 0.29) is 17.9 Å². The van der Waals surface area contributed by atoms with Crippen molar-refractivity contribution in [3.8, 4) is 11.5 Å². The molecule has 24 heavy (non-hydrogen) atoms. The lowest BCUT2D eigenvalue weighted by molar-refractivity contribution is 0.0258. The highest BCUT2D eigenvalue weighted by atomic mass is 16.6. The minimum Gasteiger partial charge on any atom is -0.508 e. The highest BCUT2D eigenvalue weighted by Crippen LogP contribution is 2.34. The van der Waals surface area contributed by atoms with Gasteiger partial charge in [0.25, 0.3) is 0 Å². The van der Waals surface area contributed by atoms with E-state index in [2.05, 4.69) is 5.32 Å². The summed E-state index contributed by atoms with van der Waals surface area (Å²) in [6.07, 6.45) is 0.562. The van der Waals surface area contributed by atoms with E-state index in [9.17, 15) is 9.90 Å². The molecule has 1 aliphatic heterocycles. The summed E-state index contributed by atoms with van der Waals surface area (Å²) in [6.45, 7) is 10.2. The van der Waals surface area contributed by atoms with Gasteiger partial charge in [0.1, 0.15) is 23.7 Å². The molecule has 1 aromatic rings. The molecule has 0 saturated heterocycles. The summed E-state index contributed by atoms with van der Waals surface area (Å²) >= 11 is 0. The molecular weight excluding hydrogens is 308 g/mol. The van der Waals surface area contributed by atoms with Crippen LogP contribution in [0.15, 0.2) is 18.2 Å². The third kappa shape index (κ3) is 5.03. The number of ether oxygens (including phenoxy) is 2. The lowest BCUT2D eigenvalue weighted by Crippen LogP contribution is -2.38. The molecule has 1 atom stereocenters. The van der Waals surface area contributed by atoms with Crippen LogP contribution in [0.3, 0.4) is 0 Å². The summed E-state index contributed by atoms with van der Waals surface area (Å²) in [5, 5.41) is 12.9. The van der Waals surface area contributed by atoms with E-state index < -0.39 is 5.60 Å². The van der Waals surface area contributed by atoms with Crippen LogP contribution >= 0.6 is 0 Å². The average Bonchev–Trinajstić information content (AvgIpc) is 2.87. The Kier molecular flexibility index (Phi) is 5.94. The van der Waals surface area contributed by atoms with Crippen LogP contribution in [0, 0.1) is 0 Å². The van der Waals surface area contributed by atoms with Crippen molar-refractivity contribution in [1.82, 2.24) is 10.2 Å². The number of benzene rings is 1. The van der Waals surface area contributed by atoms with Crippen LogP contribution in [0.4, 0.5) is 4.79 Å². The Morgan fingerprint density at radius 3 is 2.88 bits per heavy atom. The second-order valence-corrected chi connectivity index (χ2v) is 6.95. The molecule has 0 aliphatic carbocycles. The molecule has 2 rings (SSSR count).